The molecule has 0 aromatic heterocycles. The van der Waals surface area contributed by atoms with Crippen molar-refractivity contribution < 1.29 is 9.53 Å². The molecule has 0 saturated heterocycles. The molecule has 3 N–H and O–H groups in total. The average Bonchev–Trinajstić information content (AvgIpc) is 2.42. The molecule has 0 radical (unpaired) electrons. The smallest absolute Gasteiger partial charge is 0.232 e. The number of nitrogen functional groups attached to an aromatic ring is 1. The van der Waals surface area contributed by atoms with E-state index in [-0.39, 0.29) is 11.8 Å². The van der Waals surface area contributed by atoms with Gasteiger partial charge < -0.3 is 15.8 Å². The predicted molar refractivity (Wildman–Crippen MR) is 78.9 cm³/mol. The van der Waals surface area contributed by atoms with Crippen molar-refractivity contribution in [3.8, 4) is 5.75 Å². The fourth-order valence-corrected chi connectivity index (χ4v) is 2.49. The quantitative estimate of drug-likeness (QED) is 0.841. The van der Waals surface area contributed by atoms with Crippen molar-refractivity contribution in [2.75, 3.05) is 18.2 Å². The number of amides is 1. The van der Waals surface area contributed by atoms with E-state index in [0.29, 0.717) is 17.1 Å². The number of hydrogen-bond acceptors (Lipinski definition) is 3. The third kappa shape index (κ3) is 2.09. The maximum absolute atomic E-state index is 12.3. The van der Waals surface area contributed by atoms with Gasteiger partial charge in [0.25, 0.3) is 0 Å². The largest absolute Gasteiger partial charge is 0.497 e. The van der Waals surface area contributed by atoms with E-state index >= 15 is 0 Å². The van der Waals surface area contributed by atoms with Crippen molar-refractivity contribution >= 4 is 17.3 Å². The van der Waals surface area contributed by atoms with Crippen LogP contribution in [0.2, 0.25) is 0 Å². The van der Waals surface area contributed by atoms with E-state index in [1.54, 1.807) is 25.3 Å². The molecule has 1 aliphatic rings. The van der Waals surface area contributed by atoms with Crippen LogP contribution in [0.25, 0.3) is 0 Å². The Morgan fingerprint density at radius 1 is 1.30 bits per heavy atom. The number of carbonyl (C=O) groups excluding carboxylic acids is 1. The third-order valence-corrected chi connectivity index (χ3v) is 3.69. The number of fused-ring (bicyclic) bond motifs is 1. The monoisotopic (exact) mass is 268 g/mol. The topological polar surface area (TPSA) is 64.3 Å². The summed E-state index contributed by atoms with van der Waals surface area (Å²) in [7, 11) is 1.58. The zero-order chi connectivity index (χ0) is 14.1. The third-order valence-electron chi connectivity index (χ3n) is 3.69. The van der Waals surface area contributed by atoms with Gasteiger partial charge in [0, 0.05) is 6.07 Å². The van der Waals surface area contributed by atoms with Gasteiger partial charge in [0.1, 0.15) is 5.75 Å². The summed E-state index contributed by atoms with van der Waals surface area (Å²) in [4.78, 5) is 12.3. The van der Waals surface area contributed by atoms with Crippen molar-refractivity contribution in [1.82, 2.24) is 0 Å². The SMILES string of the molecule is COc1ccc(NC(=O)C2Cc3ccccc32)c(N)c1. The summed E-state index contributed by atoms with van der Waals surface area (Å²) in [6.45, 7) is 0. The second kappa shape index (κ2) is 4.89. The molecule has 1 atom stereocenters. The molecule has 1 amide bonds. The summed E-state index contributed by atoms with van der Waals surface area (Å²) >= 11 is 0. The standard InChI is InChI=1S/C16H16N2O2/c1-20-11-6-7-15(14(17)9-11)18-16(19)13-8-10-4-2-3-5-12(10)13/h2-7,9,13H,8,17H2,1H3,(H,18,19). The number of nitrogens with two attached hydrogens (primary N) is 1. The molecular weight excluding hydrogens is 252 g/mol. The molecule has 1 unspecified atom stereocenters. The van der Waals surface area contributed by atoms with E-state index in [1.165, 1.54) is 5.56 Å². The van der Waals surface area contributed by atoms with Crippen LogP contribution in [0.3, 0.4) is 0 Å². The zero-order valence-electron chi connectivity index (χ0n) is 11.2. The Bertz CT molecular complexity index is 667. The van der Waals surface area contributed by atoms with Crippen LogP contribution in [-0.4, -0.2) is 13.0 Å². The Morgan fingerprint density at radius 2 is 2.10 bits per heavy atom. The first-order chi connectivity index (χ1) is 9.69. The lowest BCUT2D eigenvalue weighted by atomic mass is 9.77. The number of hydrogen-bond donors (Lipinski definition) is 2. The molecule has 0 bridgehead atoms. The lowest BCUT2D eigenvalue weighted by Crippen LogP contribution is -2.30. The van der Waals surface area contributed by atoms with Gasteiger partial charge >= 0.3 is 0 Å². The van der Waals surface area contributed by atoms with Crippen LogP contribution < -0.4 is 15.8 Å². The molecule has 2 aromatic rings. The first kappa shape index (κ1) is 12.5. The number of benzene rings is 2. The van der Waals surface area contributed by atoms with Gasteiger partial charge in [0.15, 0.2) is 0 Å². The Kier molecular flexibility index (Phi) is 3.06. The minimum absolute atomic E-state index is 0.0134. The summed E-state index contributed by atoms with van der Waals surface area (Å²) < 4.78 is 5.09. The average molecular weight is 268 g/mol. The van der Waals surface area contributed by atoms with Crippen LogP contribution in [0.1, 0.15) is 17.0 Å². The number of carbonyl (C=O) groups is 1. The number of rotatable bonds is 3. The van der Waals surface area contributed by atoms with Crippen LogP contribution >= 0.6 is 0 Å². The van der Waals surface area contributed by atoms with Gasteiger partial charge in [0.2, 0.25) is 5.91 Å². The van der Waals surface area contributed by atoms with Crippen LogP contribution in [0.5, 0.6) is 5.75 Å². The molecule has 2 aromatic carbocycles. The van der Waals surface area contributed by atoms with Gasteiger partial charge in [-0.25, -0.2) is 0 Å². The molecular formula is C16H16N2O2. The molecule has 20 heavy (non-hydrogen) atoms. The highest BCUT2D eigenvalue weighted by molar-refractivity contribution is 5.99. The Morgan fingerprint density at radius 3 is 2.80 bits per heavy atom. The van der Waals surface area contributed by atoms with Gasteiger partial charge in [0.05, 0.1) is 24.4 Å². The van der Waals surface area contributed by atoms with E-state index in [1.807, 2.05) is 18.2 Å². The lowest BCUT2D eigenvalue weighted by molar-refractivity contribution is -0.118. The molecule has 3 rings (SSSR count). The molecule has 102 valence electrons. The summed E-state index contributed by atoms with van der Waals surface area (Å²) in [6.07, 6.45) is 0.790. The van der Waals surface area contributed by atoms with Gasteiger partial charge in [-0.15, -0.1) is 0 Å². The summed E-state index contributed by atoms with van der Waals surface area (Å²) in [5.41, 5.74) is 9.39. The summed E-state index contributed by atoms with van der Waals surface area (Å²) in [6, 6.07) is 13.2. The highest BCUT2D eigenvalue weighted by atomic mass is 16.5. The highest BCUT2D eigenvalue weighted by Crippen LogP contribution is 2.36. The Hall–Kier alpha value is -2.49. The molecule has 1 aliphatic carbocycles. The first-order valence-corrected chi connectivity index (χ1v) is 6.51. The molecule has 0 fully saturated rings. The second-order valence-corrected chi connectivity index (χ2v) is 4.90. The van der Waals surface area contributed by atoms with Crippen molar-refractivity contribution in [2.45, 2.75) is 12.3 Å². The Balaban J connectivity index is 1.75. The molecule has 4 heteroatoms. The molecule has 0 heterocycles. The van der Waals surface area contributed by atoms with Crippen molar-refractivity contribution in [3.05, 3.63) is 53.6 Å². The van der Waals surface area contributed by atoms with E-state index in [2.05, 4.69) is 11.4 Å². The maximum Gasteiger partial charge on any atom is 0.232 e. The molecule has 0 spiro atoms. The zero-order valence-corrected chi connectivity index (χ0v) is 11.2. The van der Waals surface area contributed by atoms with Gasteiger partial charge in [-0.3, -0.25) is 4.79 Å². The van der Waals surface area contributed by atoms with Crippen LogP contribution in [0, 0.1) is 0 Å². The van der Waals surface area contributed by atoms with Crippen LogP contribution in [0.15, 0.2) is 42.5 Å². The first-order valence-electron chi connectivity index (χ1n) is 6.51. The van der Waals surface area contributed by atoms with Crippen LogP contribution in [-0.2, 0) is 11.2 Å². The van der Waals surface area contributed by atoms with E-state index in [4.69, 9.17) is 10.5 Å². The van der Waals surface area contributed by atoms with E-state index in [9.17, 15) is 4.79 Å². The summed E-state index contributed by atoms with van der Waals surface area (Å²) in [5, 5.41) is 2.88. The van der Waals surface area contributed by atoms with Crippen molar-refractivity contribution in [2.24, 2.45) is 0 Å². The van der Waals surface area contributed by atoms with Gasteiger partial charge in [-0.05, 0) is 29.7 Å². The number of anilines is 2. The fourth-order valence-electron chi connectivity index (χ4n) is 2.49. The molecule has 4 nitrogen and oxygen atoms in total. The van der Waals surface area contributed by atoms with Gasteiger partial charge in [-0.2, -0.15) is 0 Å². The number of nitrogens with one attached hydrogen (secondary N) is 1. The normalized spacial score (nSPS) is 15.9. The van der Waals surface area contributed by atoms with E-state index < -0.39 is 0 Å². The van der Waals surface area contributed by atoms with Gasteiger partial charge in [-0.1, -0.05) is 24.3 Å². The number of methoxy groups -OCH3 is 1. The maximum atomic E-state index is 12.3. The fraction of sp³-hybridized carbons (Fsp3) is 0.188. The summed E-state index contributed by atoms with van der Waals surface area (Å²) in [5.74, 6) is 0.586. The highest BCUT2D eigenvalue weighted by Gasteiger charge is 2.31. The number of ether oxygens (including phenoxy) is 1. The van der Waals surface area contributed by atoms with Crippen LogP contribution in [0.4, 0.5) is 11.4 Å². The molecule has 0 aliphatic heterocycles. The minimum atomic E-state index is -0.0762. The predicted octanol–water partition coefficient (Wildman–Crippen LogP) is 2.56. The second-order valence-electron chi connectivity index (χ2n) is 4.90. The van der Waals surface area contributed by atoms with Crippen molar-refractivity contribution in [1.29, 1.82) is 0 Å². The lowest BCUT2D eigenvalue weighted by Gasteiger charge is -2.29. The molecule has 0 saturated carbocycles. The Labute approximate surface area is 117 Å². The minimum Gasteiger partial charge on any atom is -0.497 e. The van der Waals surface area contributed by atoms with Crippen molar-refractivity contribution in [3.63, 3.8) is 0 Å². The van der Waals surface area contributed by atoms with E-state index in [0.717, 1.165) is 12.0 Å².